The van der Waals surface area contributed by atoms with Crippen LogP contribution in [-0.2, 0) is 0 Å². The molecule has 128 valence electrons. The van der Waals surface area contributed by atoms with E-state index in [0.29, 0.717) is 9.64 Å². The molecule has 3 aromatic rings. The molecule has 3 rings (SSSR count). The molecule has 0 aliphatic carbocycles. The molecule has 25 heavy (non-hydrogen) atoms. The first-order chi connectivity index (χ1) is 11.9. The lowest BCUT2D eigenvalue weighted by Gasteiger charge is -2.08. The number of nitro benzene ring substituents is 1. The maximum absolute atomic E-state index is 13.1. The van der Waals surface area contributed by atoms with Crippen molar-refractivity contribution in [2.75, 3.05) is 0 Å². The SMILES string of the molecule is C[C@H](Sc1nn(-c2ccc(F)cc2)c(=S)s1)c1cccc([N+](=O)[O-])c1. The first-order valence-corrected chi connectivity index (χ1v) is 9.31. The molecule has 0 unspecified atom stereocenters. The molecule has 1 aromatic heterocycles. The lowest BCUT2D eigenvalue weighted by molar-refractivity contribution is -0.384. The molecular formula is C16H12FN3O2S3. The van der Waals surface area contributed by atoms with Gasteiger partial charge in [0.15, 0.2) is 8.29 Å². The van der Waals surface area contributed by atoms with Crippen molar-refractivity contribution in [3.8, 4) is 5.69 Å². The monoisotopic (exact) mass is 393 g/mol. The number of thioether (sulfide) groups is 1. The van der Waals surface area contributed by atoms with Crippen molar-refractivity contribution < 1.29 is 9.31 Å². The zero-order valence-electron chi connectivity index (χ0n) is 13.0. The van der Waals surface area contributed by atoms with Crippen LogP contribution in [0.3, 0.4) is 0 Å². The Kier molecular flexibility index (Phi) is 5.26. The van der Waals surface area contributed by atoms with E-state index >= 15 is 0 Å². The summed E-state index contributed by atoms with van der Waals surface area (Å²) in [4.78, 5) is 10.5. The van der Waals surface area contributed by atoms with Crippen molar-refractivity contribution in [1.82, 2.24) is 9.78 Å². The predicted molar refractivity (Wildman–Crippen MR) is 99.6 cm³/mol. The van der Waals surface area contributed by atoms with Crippen LogP contribution in [0.25, 0.3) is 5.69 Å². The van der Waals surface area contributed by atoms with E-state index in [1.165, 1.54) is 41.3 Å². The second-order valence-corrected chi connectivity index (χ2v) is 8.34. The van der Waals surface area contributed by atoms with Crippen LogP contribution in [0.2, 0.25) is 0 Å². The van der Waals surface area contributed by atoms with Gasteiger partial charge in [0.1, 0.15) is 5.82 Å². The Labute approximate surface area is 156 Å². The molecule has 0 spiro atoms. The van der Waals surface area contributed by atoms with Gasteiger partial charge in [-0.15, -0.1) is 5.10 Å². The number of aromatic nitrogens is 2. The average molecular weight is 393 g/mol. The number of rotatable bonds is 5. The number of nitro groups is 1. The minimum absolute atomic E-state index is 0.0258. The summed E-state index contributed by atoms with van der Waals surface area (Å²) in [6, 6.07) is 12.5. The lowest BCUT2D eigenvalue weighted by atomic mass is 10.1. The Morgan fingerprint density at radius 3 is 2.72 bits per heavy atom. The van der Waals surface area contributed by atoms with Gasteiger partial charge in [0, 0.05) is 17.4 Å². The van der Waals surface area contributed by atoms with E-state index in [-0.39, 0.29) is 16.8 Å². The fourth-order valence-corrected chi connectivity index (χ4v) is 4.79. The maximum Gasteiger partial charge on any atom is 0.269 e. The van der Waals surface area contributed by atoms with E-state index < -0.39 is 4.92 Å². The highest BCUT2D eigenvalue weighted by Crippen LogP contribution is 2.37. The third kappa shape index (κ3) is 4.12. The third-order valence-electron chi connectivity index (χ3n) is 3.43. The molecule has 1 atom stereocenters. The first kappa shape index (κ1) is 17.7. The Bertz CT molecular complexity index is 969. The standard InChI is InChI=1S/C16H12FN3O2S3/c1-10(11-3-2-4-14(9-11)20(21)22)24-15-18-19(16(23)25-15)13-7-5-12(17)6-8-13/h2-10H,1H3/t10-/m0/s1. The van der Waals surface area contributed by atoms with Gasteiger partial charge < -0.3 is 0 Å². The molecule has 0 radical (unpaired) electrons. The van der Waals surface area contributed by atoms with Crippen molar-refractivity contribution in [3.05, 3.63) is 74.0 Å². The first-order valence-electron chi connectivity index (χ1n) is 7.21. The van der Waals surface area contributed by atoms with Crippen LogP contribution < -0.4 is 0 Å². The number of benzene rings is 2. The zero-order valence-corrected chi connectivity index (χ0v) is 15.4. The number of halogens is 1. The number of non-ortho nitro benzene ring substituents is 1. The molecule has 1 heterocycles. The summed E-state index contributed by atoms with van der Waals surface area (Å²) in [7, 11) is 0. The molecule has 0 N–H and O–H groups in total. The van der Waals surface area contributed by atoms with Crippen molar-refractivity contribution in [1.29, 1.82) is 0 Å². The van der Waals surface area contributed by atoms with Gasteiger partial charge in [0.25, 0.3) is 5.69 Å². The number of hydrogen-bond donors (Lipinski definition) is 0. The summed E-state index contributed by atoms with van der Waals surface area (Å²) >= 11 is 8.16. The minimum Gasteiger partial charge on any atom is -0.258 e. The second kappa shape index (κ2) is 7.42. The van der Waals surface area contributed by atoms with Crippen LogP contribution in [0.4, 0.5) is 10.1 Å². The summed E-state index contributed by atoms with van der Waals surface area (Å²) in [5.74, 6) is -0.320. The average Bonchev–Trinajstić information content (AvgIpc) is 2.96. The zero-order chi connectivity index (χ0) is 18.0. The Hall–Kier alpha value is -2.10. The molecule has 0 aliphatic rings. The molecular weight excluding hydrogens is 381 g/mol. The van der Waals surface area contributed by atoms with E-state index in [9.17, 15) is 14.5 Å². The molecule has 0 fully saturated rings. The van der Waals surface area contributed by atoms with E-state index in [0.717, 1.165) is 9.90 Å². The van der Waals surface area contributed by atoms with Crippen molar-refractivity contribution >= 4 is 41.0 Å². The highest BCUT2D eigenvalue weighted by atomic mass is 32.2. The van der Waals surface area contributed by atoms with E-state index in [2.05, 4.69) is 5.10 Å². The van der Waals surface area contributed by atoms with Gasteiger partial charge >= 0.3 is 0 Å². The molecule has 0 amide bonds. The van der Waals surface area contributed by atoms with Crippen LogP contribution in [0.1, 0.15) is 17.7 Å². The molecule has 5 nitrogen and oxygen atoms in total. The van der Waals surface area contributed by atoms with Crippen LogP contribution in [0.5, 0.6) is 0 Å². The lowest BCUT2D eigenvalue weighted by Crippen LogP contribution is -1.97. The van der Waals surface area contributed by atoms with Crippen LogP contribution in [0.15, 0.2) is 52.9 Å². The van der Waals surface area contributed by atoms with Gasteiger partial charge in [-0.05, 0) is 49.0 Å². The van der Waals surface area contributed by atoms with Crippen LogP contribution >= 0.6 is 35.3 Å². The number of hydrogen-bond acceptors (Lipinski definition) is 6. The second-order valence-electron chi connectivity index (χ2n) is 5.13. The van der Waals surface area contributed by atoms with Gasteiger partial charge in [0.2, 0.25) is 0 Å². The summed E-state index contributed by atoms with van der Waals surface area (Å²) in [5.41, 5.74) is 1.60. The van der Waals surface area contributed by atoms with Gasteiger partial charge in [0.05, 0.1) is 10.6 Å². The topological polar surface area (TPSA) is 61.0 Å². The molecule has 0 saturated carbocycles. The van der Waals surface area contributed by atoms with Crippen LogP contribution in [0, 0.1) is 19.9 Å². The highest BCUT2D eigenvalue weighted by Gasteiger charge is 2.15. The van der Waals surface area contributed by atoms with E-state index in [1.807, 2.05) is 13.0 Å². The summed E-state index contributed by atoms with van der Waals surface area (Å²) in [6.07, 6.45) is 0. The summed E-state index contributed by atoms with van der Waals surface area (Å²) in [5, 5.41) is 15.4. The summed E-state index contributed by atoms with van der Waals surface area (Å²) < 4.78 is 15.9. The minimum atomic E-state index is -0.409. The smallest absolute Gasteiger partial charge is 0.258 e. The number of nitrogens with zero attached hydrogens (tertiary/aromatic N) is 3. The Morgan fingerprint density at radius 1 is 1.32 bits per heavy atom. The largest absolute Gasteiger partial charge is 0.269 e. The predicted octanol–water partition coefficient (Wildman–Crippen LogP) is 5.56. The van der Waals surface area contributed by atoms with Crippen molar-refractivity contribution in [3.63, 3.8) is 0 Å². The normalized spacial score (nSPS) is 12.1. The maximum atomic E-state index is 13.1. The van der Waals surface area contributed by atoms with Gasteiger partial charge in [-0.2, -0.15) is 0 Å². The van der Waals surface area contributed by atoms with Crippen molar-refractivity contribution in [2.24, 2.45) is 0 Å². The van der Waals surface area contributed by atoms with Gasteiger partial charge in [-0.3, -0.25) is 10.1 Å². The molecule has 9 heteroatoms. The van der Waals surface area contributed by atoms with Crippen molar-refractivity contribution in [2.45, 2.75) is 16.5 Å². The van der Waals surface area contributed by atoms with E-state index in [1.54, 1.807) is 28.9 Å². The van der Waals surface area contributed by atoms with E-state index in [4.69, 9.17) is 12.2 Å². The van der Waals surface area contributed by atoms with Gasteiger partial charge in [-0.25, -0.2) is 9.07 Å². The molecule has 0 saturated heterocycles. The molecule has 0 bridgehead atoms. The highest BCUT2D eigenvalue weighted by molar-refractivity contribution is 8.01. The molecule has 2 aromatic carbocycles. The fraction of sp³-hybridized carbons (Fsp3) is 0.125. The quantitative estimate of drug-likeness (QED) is 0.246. The third-order valence-corrected chi connectivity index (χ3v) is 5.90. The molecule has 0 aliphatic heterocycles. The van der Waals surface area contributed by atoms with Crippen LogP contribution in [-0.4, -0.2) is 14.7 Å². The summed E-state index contributed by atoms with van der Waals surface area (Å²) in [6.45, 7) is 1.95. The van der Waals surface area contributed by atoms with Gasteiger partial charge in [-0.1, -0.05) is 35.2 Å². The Morgan fingerprint density at radius 2 is 2.04 bits per heavy atom. The fourth-order valence-electron chi connectivity index (χ4n) is 2.16. The Balaban J connectivity index is 1.83.